The van der Waals surface area contributed by atoms with Crippen molar-refractivity contribution in [1.82, 2.24) is 0 Å². The Morgan fingerprint density at radius 3 is 2.00 bits per heavy atom. The number of hydrogen-bond acceptors (Lipinski definition) is 1. The third-order valence-corrected chi connectivity index (χ3v) is 2.25. The lowest BCUT2D eigenvalue weighted by atomic mass is 10.1. The Bertz CT molecular complexity index is 107. The Kier molecular flexibility index (Phi) is 10.9. The van der Waals surface area contributed by atoms with E-state index in [1.807, 2.05) is 0 Å². The normalized spacial score (nSPS) is 11.1. The molecule has 0 aromatic heterocycles. The Hall–Kier alpha value is 0.400. The Labute approximate surface area is 93.3 Å². The molecule has 0 aliphatic rings. The number of halogens is 1. The molecule has 0 heterocycles. The average Bonchev–Trinajstić information content (AvgIpc) is 2.04. The van der Waals surface area contributed by atoms with Crippen LogP contribution in [0.25, 0.3) is 0 Å². The first-order valence-corrected chi connectivity index (χ1v) is 5.05. The van der Waals surface area contributed by atoms with Gasteiger partial charge in [-0.1, -0.05) is 26.2 Å². The number of unbranched alkanes of at least 4 members (excludes halogenated alkanes) is 4. The maximum absolute atomic E-state index is 8.97. The number of aliphatic hydroxyl groups is 1. The van der Waals surface area contributed by atoms with Crippen molar-refractivity contribution < 1.29 is 26.6 Å². The fraction of sp³-hybridized carbons (Fsp3) is 1.00. The van der Waals surface area contributed by atoms with Crippen molar-refractivity contribution in [1.29, 1.82) is 0 Å². The highest BCUT2D eigenvalue weighted by atomic mass is 79.9. The minimum absolute atomic E-state index is 0. The van der Waals surface area contributed by atoms with Gasteiger partial charge >= 0.3 is 0 Å². The van der Waals surface area contributed by atoms with Crippen LogP contribution in [-0.2, 0) is 0 Å². The quantitative estimate of drug-likeness (QED) is 0.350. The summed E-state index contributed by atoms with van der Waals surface area (Å²) in [6, 6.07) is 0. The van der Waals surface area contributed by atoms with Gasteiger partial charge in [0.05, 0.1) is 20.6 Å². The molecule has 0 atom stereocenters. The third-order valence-electron chi connectivity index (χ3n) is 2.25. The lowest BCUT2D eigenvalue weighted by Gasteiger charge is -2.26. The fourth-order valence-electron chi connectivity index (χ4n) is 1.21. The summed E-state index contributed by atoms with van der Waals surface area (Å²) in [5.74, 6) is 0. The van der Waals surface area contributed by atoms with Gasteiger partial charge in [0.15, 0.2) is 6.73 Å². The van der Waals surface area contributed by atoms with Crippen LogP contribution < -0.4 is 17.0 Å². The summed E-state index contributed by atoms with van der Waals surface area (Å²) in [7, 11) is 4.14. The molecule has 0 fully saturated rings. The van der Waals surface area contributed by atoms with Gasteiger partial charge in [-0.2, -0.15) is 0 Å². The molecule has 0 aromatic carbocycles. The molecule has 0 radical (unpaired) electrons. The average molecular weight is 254 g/mol. The second-order valence-electron chi connectivity index (χ2n) is 4.21. The van der Waals surface area contributed by atoms with Crippen LogP contribution in [0.5, 0.6) is 0 Å². The molecule has 0 saturated carbocycles. The summed E-state index contributed by atoms with van der Waals surface area (Å²) in [5.41, 5.74) is 0. The summed E-state index contributed by atoms with van der Waals surface area (Å²) in [6.07, 6.45) is 6.57. The molecule has 0 bridgehead atoms. The molecule has 2 nitrogen and oxygen atoms in total. The van der Waals surface area contributed by atoms with Crippen LogP contribution in [0.2, 0.25) is 0 Å². The van der Waals surface area contributed by atoms with Crippen LogP contribution in [0, 0.1) is 0 Å². The molecule has 3 heteroatoms. The van der Waals surface area contributed by atoms with E-state index in [1.165, 1.54) is 32.1 Å². The van der Waals surface area contributed by atoms with Crippen LogP contribution in [-0.4, -0.2) is 37.0 Å². The summed E-state index contributed by atoms with van der Waals surface area (Å²) in [5, 5.41) is 8.97. The van der Waals surface area contributed by atoms with Crippen LogP contribution in [0.3, 0.4) is 0 Å². The summed E-state index contributed by atoms with van der Waals surface area (Å²) >= 11 is 0. The molecular weight excluding hydrogens is 230 g/mol. The van der Waals surface area contributed by atoms with Gasteiger partial charge < -0.3 is 26.6 Å². The van der Waals surface area contributed by atoms with Gasteiger partial charge in [-0.15, -0.1) is 0 Å². The SMILES string of the molecule is CCCCCCC[N+](C)(C)CO.[Br-]. The first kappa shape index (κ1) is 15.9. The number of rotatable bonds is 7. The second-order valence-corrected chi connectivity index (χ2v) is 4.21. The van der Waals surface area contributed by atoms with E-state index in [0.29, 0.717) is 0 Å². The van der Waals surface area contributed by atoms with Crippen LogP contribution >= 0.6 is 0 Å². The van der Waals surface area contributed by atoms with Gasteiger partial charge in [-0.05, 0) is 12.8 Å². The second kappa shape index (κ2) is 8.97. The number of quaternary nitrogens is 1. The van der Waals surface area contributed by atoms with Crippen LogP contribution in [0.4, 0.5) is 0 Å². The van der Waals surface area contributed by atoms with Gasteiger partial charge in [-0.3, -0.25) is 0 Å². The van der Waals surface area contributed by atoms with Crippen LogP contribution in [0.15, 0.2) is 0 Å². The zero-order valence-electron chi connectivity index (χ0n) is 9.22. The minimum Gasteiger partial charge on any atom is -1.00 e. The van der Waals surface area contributed by atoms with Crippen molar-refractivity contribution in [2.45, 2.75) is 39.0 Å². The Morgan fingerprint density at radius 2 is 1.54 bits per heavy atom. The largest absolute Gasteiger partial charge is 1.00 e. The van der Waals surface area contributed by atoms with Crippen molar-refractivity contribution in [3.8, 4) is 0 Å². The molecule has 0 aliphatic heterocycles. The highest BCUT2D eigenvalue weighted by Gasteiger charge is 2.10. The maximum Gasteiger partial charge on any atom is 0.179 e. The molecule has 0 saturated heterocycles. The zero-order chi connectivity index (χ0) is 9.45. The molecule has 0 rings (SSSR count). The van der Waals surface area contributed by atoms with Gasteiger partial charge in [-0.25, -0.2) is 0 Å². The Morgan fingerprint density at radius 1 is 1.00 bits per heavy atom. The highest BCUT2D eigenvalue weighted by Crippen LogP contribution is 2.05. The molecule has 0 unspecified atom stereocenters. The van der Waals surface area contributed by atoms with Crippen molar-refractivity contribution in [2.75, 3.05) is 27.4 Å². The number of aliphatic hydroxyl groups excluding tert-OH is 1. The lowest BCUT2D eigenvalue weighted by molar-refractivity contribution is -0.909. The molecule has 0 spiro atoms. The van der Waals surface area contributed by atoms with Crippen molar-refractivity contribution in [2.24, 2.45) is 0 Å². The molecule has 0 aliphatic carbocycles. The lowest BCUT2D eigenvalue weighted by Crippen LogP contribution is -3.00. The number of nitrogens with zero attached hydrogens (tertiary/aromatic N) is 1. The first-order valence-electron chi connectivity index (χ1n) is 5.05. The summed E-state index contributed by atoms with van der Waals surface area (Å²) < 4.78 is 0.742. The van der Waals surface area contributed by atoms with E-state index in [4.69, 9.17) is 5.11 Å². The maximum atomic E-state index is 8.97. The third kappa shape index (κ3) is 10.3. The Balaban J connectivity index is 0. The molecule has 82 valence electrons. The minimum atomic E-state index is 0. The predicted octanol–water partition coefficient (Wildman–Crippen LogP) is -1.01. The molecule has 13 heavy (non-hydrogen) atoms. The van der Waals surface area contributed by atoms with Gasteiger partial charge in [0.1, 0.15) is 0 Å². The van der Waals surface area contributed by atoms with E-state index in [0.717, 1.165) is 11.0 Å². The predicted molar refractivity (Wildman–Crippen MR) is 52.8 cm³/mol. The van der Waals surface area contributed by atoms with Gasteiger partial charge in [0.25, 0.3) is 0 Å². The molecule has 0 aromatic rings. The van der Waals surface area contributed by atoms with Gasteiger partial charge in [0, 0.05) is 0 Å². The summed E-state index contributed by atoms with van der Waals surface area (Å²) in [6.45, 7) is 3.59. The molecule has 1 N–H and O–H groups in total. The van der Waals surface area contributed by atoms with Crippen molar-refractivity contribution >= 4 is 0 Å². The highest BCUT2D eigenvalue weighted by molar-refractivity contribution is 4.41. The topological polar surface area (TPSA) is 20.2 Å². The monoisotopic (exact) mass is 253 g/mol. The smallest absolute Gasteiger partial charge is 0.179 e. The first-order chi connectivity index (χ1) is 5.62. The van der Waals surface area contributed by atoms with Crippen LogP contribution in [0.1, 0.15) is 39.0 Å². The van der Waals surface area contributed by atoms with Gasteiger partial charge in [0.2, 0.25) is 0 Å². The van der Waals surface area contributed by atoms with Crippen molar-refractivity contribution in [3.05, 3.63) is 0 Å². The van der Waals surface area contributed by atoms with E-state index >= 15 is 0 Å². The molecule has 0 amide bonds. The summed E-state index contributed by atoms with van der Waals surface area (Å²) in [4.78, 5) is 0. The van der Waals surface area contributed by atoms with E-state index in [-0.39, 0.29) is 23.7 Å². The van der Waals surface area contributed by atoms with E-state index in [1.54, 1.807) is 0 Å². The molecular formula is C10H24BrNO. The van der Waals surface area contributed by atoms with E-state index in [9.17, 15) is 0 Å². The zero-order valence-corrected chi connectivity index (χ0v) is 10.8. The van der Waals surface area contributed by atoms with Crippen molar-refractivity contribution in [3.63, 3.8) is 0 Å². The van der Waals surface area contributed by atoms with E-state index in [2.05, 4.69) is 21.0 Å². The fourth-order valence-corrected chi connectivity index (χ4v) is 1.21. The standard InChI is InChI=1S/C10H24NO.BrH/c1-4-5-6-7-8-9-11(2,3)10-12;/h12H,4-10H2,1-3H3;1H/q+1;/p-1. The van der Waals surface area contributed by atoms with E-state index < -0.39 is 0 Å². The number of hydrogen-bond donors (Lipinski definition) is 1.